The normalized spacial score (nSPS) is 52.3. The van der Waals surface area contributed by atoms with Gasteiger partial charge in [-0.1, -0.05) is 13.8 Å². The van der Waals surface area contributed by atoms with E-state index in [9.17, 15) is 19.5 Å². The van der Waals surface area contributed by atoms with Gasteiger partial charge in [-0.05, 0) is 68.6 Å². The molecule has 0 saturated heterocycles. The molecule has 0 aliphatic heterocycles. The topological polar surface area (TPSA) is 71.4 Å². The standard InChI is InChI=1S/C21H30O4/c1-12(22)21(25)9-8-19(2)13(11-21)10-16(23)18-14-4-5-17(24)20(14,3)7-6-15(18)19/h13-15,18,25H,4-11H2,1-3H3/t13-,14+,15-,18-,19-,20-,21+/m0/s1. The Kier molecular flexibility index (Phi) is 3.65. The van der Waals surface area contributed by atoms with E-state index in [1.807, 2.05) is 0 Å². The zero-order chi connectivity index (χ0) is 18.2. The number of carbonyl (C=O) groups is 3. The molecule has 0 aromatic carbocycles. The summed E-state index contributed by atoms with van der Waals surface area (Å²) in [4.78, 5) is 37.5. The van der Waals surface area contributed by atoms with Crippen LogP contribution in [0.5, 0.6) is 0 Å². The molecule has 4 fully saturated rings. The predicted octanol–water partition coefficient (Wildman–Crippen LogP) is 3.10. The minimum Gasteiger partial charge on any atom is -0.382 e. The number of hydrogen-bond donors (Lipinski definition) is 1. The molecule has 0 spiro atoms. The van der Waals surface area contributed by atoms with Gasteiger partial charge in [-0.3, -0.25) is 14.4 Å². The highest BCUT2D eigenvalue weighted by Gasteiger charge is 2.64. The molecule has 138 valence electrons. The van der Waals surface area contributed by atoms with Crippen molar-refractivity contribution in [3.63, 3.8) is 0 Å². The van der Waals surface area contributed by atoms with E-state index in [0.29, 0.717) is 37.4 Å². The third-order valence-electron chi connectivity index (χ3n) is 8.90. The molecular weight excluding hydrogens is 316 g/mol. The van der Waals surface area contributed by atoms with E-state index in [1.54, 1.807) is 0 Å². The zero-order valence-electron chi connectivity index (χ0n) is 15.6. The number of rotatable bonds is 1. The largest absolute Gasteiger partial charge is 0.382 e. The van der Waals surface area contributed by atoms with E-state index in [2.05, 4.69) is 13.8 Å². The lowest BCUT2D eigenvalue weighted by Crippen LogP contribution is -2.59. The van der Waals surface area contributed by atoms with Gasteiger partial charge in [-0.25, -0.2) is 0 Å². The summed E-state index contributed by atoms with van der Waals surface area (Å²) in [6.07, 6.45) is 5.52. The van der Waals surface area contributed by atoms with Crippen molar-refractivity contribution in [3.05, 3.63) is 0 Å². The molecule has 1 N–H and O–H groups in total. The van der Waals surface area contributed by atoms with Crippen molar-refractivity contribution >= 4 is 17.3 Å². The number of ketones is 3. The van der Waals surface area contributed by atoms with Gasteiger partial charge in [0.2, 0.25) is 0 Å². The number of hydrogen-bond acceptors (Lipinski definition) is 4. The molecule has 25 heavy (non-hydrogen) atoms. The summed E-state index contributed by atoms with van der Waals surface area (Å²) in [5, 5.41) is 10.7. The molecule has 0 aromatic rings. The SMILES string of the molecule is CC(=O)[C@@]1(O)CC[C@@]2(C)[C@@H](CC(=O)[C@H]3[C@H]4CCC(=O)[C@@]4(C)CC[C@@H]32)C1. The molecule has 4 aliphatic rings. The lowest BCUT2D eigenvalue weighted by atomic mass is 9.44. The minimum absolute atomic E-state index is 0.00717. The first-order valence-electron chi connectivity index (χ1n) is 9.91. The Labute approximate surface area is 149 Å². The molecule has 0 unspecified atom stereocenters. The maximum absolute atomic E-state index is 13.1. The molecule has 4 heteroatoms. The molecule has 0 heterocycles. The molecule has 0 aromatic heterocycles. The van der Waals surface area contributed by atoms with Crippen LogP contribution in [-0.4, -0.2) is 28.1 Å². The van der Waals surface area contributed by atoms with Crippen molar-refractivity contribution in [3.8, 4) is 0 Å². The van der Waals surface area contributed by atoms with Gasteiger partial charge < -0.3 is 5.11 Å². The number of aliphatic hydroxyl groups is 1. The van der Waals surface area contributed by atoms with Gasteiger partial charge in [-0.2, -0.15) is 0 Å². The Hall–Kier alpha value is -1.03. The van der Waals surface area contributed by atoms with E-state index in [4.69, 9.17) is 0 Å². The fourth-order valence-corrected chi connectivity index (χ4v) is 7.02. The zero-order valence-corrected chi connectivity index (χ0v) is 15.6. The molecule has 4 rings (SSSR count). The van der Waals surface area contributed by atoms with Gasteiger partial charge in [0.1, 0.15) is 17.2 Å². The van der Waals surface area contributed by atoms with Gasteiger partial charge in [0.05, 0.1) is 0 Å². The number of fused-ring (bicyclic) bond motifs is 5. The van der Waals surface area contributed by atoms with Crippen molar-refractivity contribution in [1.82, 2.24) is 0 Å². The maximum atomic E-state index is 13.1. The third kappa shape index (κ3) is 2.19. The smallest absolute Gasteiger partial charge is 0.161 e. The first-order valence-corrected chi connectivity index (χ1v) is 9.91. The summed E-state index contributed by atoms with van der Waals surface area (Å²) < 4.78 is 0. The number of Topliss-reactive ketones (excluding diaryl/α,β-unsaturated/α-hetero) is 3. The predicted molar refractivity (Wildman–Crippen MR) is 92.8 cm³/mol. The second-order valence-corrected chi connectivity index (χ2v) is 9.82. The molecule has 4 saturated carbocycles. The van der Waals surface area contributed by atoms with Crippen LogP contribution in [0, 0.1) is 34.5 Å². The highest BCUT2D eigenvalue weighted by atomic mass is 16.3. The Balaban J connectivity index is 1.67. The summed E-state index contributed by atoms with van der Waals surface area (Å²) in [6, 6.07) is 0. The fraction of sp³-hybridized carbons (Fsp3) is 0.857. The lowest BCUT2D eigenvalue weighted by Gasteiger charge is -2.60. The summed E-state index contributed by atoms with van der Waals surface area (Å²) in [7, 11) is 0. The average molecular weight is 346 g/mol. The van der Waals surface area contributed by atoms with E-state index in [1.165, 1.54) is 6.92 Å². The van der Waals surface area contributed by atoms with Crippen molar-refractivity contribution in [2.45, 2.75) is 77.7 Å². The Morgan fingerprint density at radius 1 is 1.08 bits per heavy atom. The molecule has 7 atom stereocenters. The van der Waals surface area contributed by atoms with Crippen LogP contribution < -0.4 is 0 Å². The highest BCUT2D eigenvalue weighted by Crippen LogP contribution is 2.65. The molecule has 4 aliphatic carbocycles. The summed E-state index contributed by atoms with van der Waals surface area (Å²) >= 11 is 0. The van der Waals surface area contributed by atoms with Crippen molar-refractivity contribution in [2.75, 3.05) is 0 Å². The van der Waals surface area contributed by atoms with E-state index < -0.39 is 5.60 Å². The average Bonchev–Trinajstić information content (AvgIpc) is 2.85. The van der Waals surface area contributed by atoms with Gasteiger partial charge in [-0.15, -0.1) is 0 Å². The molecular formula is C21H30O4. The first kappa shape index (κ1) is 17.4. The fourth-order valence-electron chi connectivity index (χ4n) is 7.02. The third-order valence-corrected chi connectivity index (χ3v) is 8.90. The van der Waals surface area contributed by atoms with Crippen molar-refractivity contribution in [1.29, 1.82) is 0 Å². The molecule has 0 radical (unpaired) electrons. The molecule has 0 amide bonds. The quantitative estimate of drug-likeness (QED) is 0.792. The Bertz CT molecular complexity index is 654. The van der Waals surface area contributed by atoms with Gasteiger partial charge in [0, 0.05) is 24.2 Å². The van der Waals surface area contributed by atoms with Crippen LogP contribution in [0.3, 0.4) is 0 Å². The highest BCUT2D eigenvalue weighted by molar-refractivity contribution is 5.91. The van der Waals surface area contributed by atoms with Crippen LogP contribution in [0.2, 0.25) is 0 Å². The second-order valence-electron chi connectivity index (χ2n) is 9.82. The number of carbonyl (C=O) groups excluding carboxylic acids is 3. The monoisotopic (exact) mass is 346 g/mol. The Morgan fingerprint density at radius 3 is 2.48 bits per heavy atom. The maximum Gasteiger partial charge on any atom is 0.161 e. The van der Waals surface area contributed by atoms with Gasteiger partial charge in [0.15, 0.2) is 5.78 Å². The molecule has 0 bridgehead atoms. The minimum atomic E-state index is -1.25. The molecule has 4 nitrogen and oxygen atoms in total. The van der Waals surface area contributed by atoms with Crippen LogP contribution in [0.4, 0.5) is 0 Å². The van der Waals surface area contributed by atoms with E-state index in [-0.39, 0.29) is 40.2 Å². The summed E-state index contributed by atoms with van der Waals surface area (Å²) in [5.74, 6) is 1.08. The Morgan fingerprint density at radius 2 is 1.80 bits per heavy atom. The lowest BCUT2D eigenvalue weighted by molar-refractivity contribution is -0.172. The summed E-state index contributed by atoms with van der Waals surface area (Å²) in [6.45, 7) is 5.83. The van der Waals surface area contributed by atoms with Crippen LogP contribution in [0.15, 0.2) is 0 Å². The van der Waals surface area contributed by atoms with Gasteiger partial charge >= 0.3 is 0 Å². The van der Waals surface area contributed by atoms with Crippen molar-refractivity contribution in [2.24, 2.45) is 34.5 Å². The summed E-state index contributed by atoms with van der Waals surface area (Å²) in [5.41, 5.74) is -1.54. The first-order chi connectivity index (χ1) is 11.6. The van der Waals surface area contributed by atoms with Crippen LogP contribution >= 0.6 is 0 Å². The van der Waals surface area contributed by atoms with Crippen LogP contribution in [-0.2, 0) is 14.4 Å². The second kappa shape index (κ2) is 5.25. The van der Waals surface area contributed by atoms with Crippen LogP contribution in [0.1, 0.15) is 72.1 Å². The van der Waals surface area contributed by atoms with E-state index in [0.717, 1.165) is 25.7 Å². The van der Waals surface area contributed by atoms with Crippen LogP contribution in [0.25, 0.3) is 0 Å². The van der Waals surface area contributed by atoms with Gasteiger partial charge in [0.25, 0.3) is 0 Å². The van der Waals surface area contributed by atoms with Crippen molar-refractivity contribution < 1.29 is 19.5 Å². The van der Waals surface area contributed by atoms with E-state index >= 15 is 0 Å².